The Morgan fingerprint density at radius 1 is 1.42 bits per heavy atom. The molecule has 0 atom stereocenters. The Hall–Kier alpha value is -0.560. The lowest BCUT2D eigenvalue weighted by Gasteiger charge is -2.02. The minimum absolute atomic E-state index is 0.130. The SMILES string of the molecule is CCCc1ccc(CCl)cc1F. The first-order valence-electron chi connectivity index (χ1n) is 4.11. The molecule has 0 fully saturated rings. The molecule has 0 saturated heterocycles. The average Bonchev–Trinajstić information content (AvgIpc) is 2.09. The molecule has 1 aromatic rings. The van der Waals surface area contributed by atoms with Gasteiger partial charge < -0.3 is 0 Å². The fourth-order valence-electron chi connectivity index (χ4n) is 1.15. The van der Waals surface area contributed by atoms with Gasteiger partial charge in [0.05, 0.1) is 0 Å². The number of hydrogen-bond acceptors (Lipinski definition) is 0. The van der Waals surface area contributed by atoms with Crippen LogP contribution in [0.15, 0.2) is 18.2 Å². The van der Waals surface area contributed by atoms with Gasteiger partial charge in [-0.25, -0.2) is 4.39 Å². The summed E-state index contributed by atoms with van der Waals surface area (Å²) in [5.74, 6) is 0.249. The number of benzene rings is 1. The molecule has 2 heteroatoms. The summed E-state index contributed by atoms with van der Waals surface area (Å²) in [4.78, 5) is 0. The van der Waals surface area contributed by atoms with Crippen molar-refractivity contribution in [3.05, 3.63) is 35.1 Å². The van der Waals surface area contributed by atoms with Crippen LogP contribution in [0.25, 0.3) is 0 Å². The molecule has 0 aromatic heterocycles. The van der Waals surface area contributed by atoms with E-state index in [0.29, 0.717) is 5.88 Å². The number of aryl methyl sites for hydroxylation is 1. The highest BCUT2D eigenvalue weighted by molar-refractivity contribution is 6.17. The van der Waals surface area contributed by atoms with Crippen LogP contribution in [0.5, 0.6) is 0 Å². The summed E-state index contributed by atoms with van der Waals surface area (Å²) >= 11 is 5.56. The van der Waals surface area contributed by atoms with E-state index in [1.165, 1.54) is 6.07 Å². The number of alkyl halides is 1. The maximum absolute atomic E-state index is 13.2. The molecule has 0 spiro atoms. The molecule has 0 heterocycles. The van der Waals surface area contributed by atoms with Crippen molar-refractivity contribution in [1.29, 1.82) is 0 Å². The molecule has 0 saturated carbocycles. The summed E-state index contributed by atoms with van der Waals surface area (Å²) < 4.78 is 13.2. The first-order chi connectivity index (χ1) is 5.77. The van der Waals surface area contributed by atoms with Crippen molar-refractivity contribution in [2.45, 2.75) is 25.6 Å². The summed E-state index contributed by atoms with van der Waals surface area (Å²) in [6.07, 6.45) is 1.77. The largest absolute Gasteiger partial charge is 0.207 e. The summed E-state index contributed by atoms with van der Waals surface area (Å²) in [5.41, 5.74) is 1.63. The van der Waals surface area contributed by atoms with Crippen LogP contribution in [0.3, 0.4) is 0 Å². The Morgan fingerprint density at radius 3 is 2.67 bits per heavy atom. The van der Waals surface area contributed by atoms with Crippen LogP contribution in [0, 0.1) is 5.82 Å². The van der Waals surface area contributed by atoms with E-state index in [2.05, 4.69) is 0 Å². The highest BCUT2D eigenvalue weighted by Crippen LogP contribution is 2.13. The highest BCUT2D eigenvalue weighted by atomic mass is 35.5. The number of hydrogen-bond donors (Lipinski definition) is 0. The summed E-state index contributed by atoms with van der Waals surface area (Å²) in [6.45, 7) is 2.04. The lowest BCUT2D eigenvalue weighted by Crippen LogP contribution is -1.90. The minimum atomic E-state index is -0.130. The predicted octanol–water partition coefficient (Wildman–Crippen LogP) is 3.52. The van der Waals surface area contributed by atoms with E-state index in [-0.39, 0.29) is 5.82 Å². The third kappa shape index (κ3) is 2.21. The minimum Gasteiger partial charge on any atom is -0.207 e. The third-order valence-electron chi connectivity index (χ3n) is 1.79. The number of halogens is 2. The molecule has 0 unspecified atom stereocenters. The van der Waals surface area contributed by atoms with Crippen LogP contribution < -0.4 is 0 Å². The van der Waals surface area contributed by atoms with Crippen molar-refractivity contribution in [2.24, 2.45) is 0 Å². The van der Waals surface area contributed by atoms with Gasteiger partial charge in [-0.1, -0.05) is 25.5 Å². The van der Waals surface area contributed by atoms with Gasteiger partial charge in [-0.3, -0.25) is 0 Å². The molecular formula is C10H12ClF. The second-order valence-corrected chi connectivity index (χ2v) is 3.08. The molecule has 0 aliphatic heterocycles. The highest BCUT2D eigenvalue weighted by Gasteiger charge is 2.01. The predicted molar refractivity (Wildman–Crippen MR) is 50.0 cm³/mol. The Balaban J connectivity index is 2.87. The van der Waals surface area contributed by atoms with E-state index >= 15 is 0 Å². The van der Waals surface area contributed by atoms with Gasteiger partial charge >= 0.3 is 0 Å². The van der Waals surface area contributed by atoms with E-state index in [1.54, 1.807) is 0 Å². The van der Waals surface area contributed by atoms with Crippen molar-refractivity contribution in [1.82, 2.24) is 0 Å². The fraction of sp³-hybridized carbons (Fsp3) is 0.400. The fourth-order valence-corrected chi connectivity index (χ4v) is 1.31. The Labute approximate surface area is 77.4 Å². The normalized spacial score (nSPS) is 10.2. The third-order valence-corrected chi connectivity index (χ3v) is 2.10. The molecule has 0 N–H and O–H groups in total. The molecule has 0 bridgehead atoms. The Bertz CT molecular complexity index is 258. The molecule has 0 aliphatic carbocycles. The lowest BCUT2D eigenvalue weighted by molar-refractivity contribution is 0.606. The topological polar surface area (TPSA) is 0 Å². The van der Waals surface area contributed by atoms with Gasteiger partial charge in [0.1, 0.15) is 5.82 Å². The molecule has 0 radical (unpaired) electrons. The van der Waals surface area contributed by atoms with E-state index in [0.717, 1.165) is 24.0 Å². The van der Waals surface area contributed by atoms with Crippen molar-refractivity contribution in [2.75, 3.05) is 0 Å². The average molecular weight is 187 g/mol. The summed E-state index contributed by atoms with van der Waals surface area (Å²) in [6, 6.07) is 5.20. The van der Waals surface area contributed by atoms with Gasteiger partial charge in [-0.15, -0.1) is 11.6 Å². The monoisotopic (exact) mass is 186 g/mol. The van der Waals surface area contributed by atoms with Gasteiger partial charge in [-0.2, -0.15) is 0 Å². The standard InChI is InChI=1S/C10H12ClF/c1-2-3-9-5-4-8(7-11)6-10(9)12/h4-6H,2-3,7H2,1H3. The van der Waals surface area contributed by atoms with Crippen molar-refractivity contribution < 1.29 is 4.39 Å². The molecular weight excluding hydrogens is 175 g/mol. The van der Waals surface area contributed by atoms with Gasteiger partial charge in [-0.05, 0) is 23.6 Å². The first kappa shape index (κ1) is 9.53. The van der Waals surface area contributed by atoms with Crippen molar-refractivity contribution in [3.8, 4) is 0 Å². The van der Waals surface area contributed by atoms with Gasteiger partial charge in [0.15, 0.2) is 0 Å². The van der Waals surface area contributed by atoms with Crippen molar-refractivity contribution >= 4 is 11.6 Å². The van der Waals surface area contributed by atoms with Crippen LogP contribution in [-0.4, -0.2) is 0 Å². The van der Waals surface area contributed by atoms with Crippen molar-refractivity contribution in [3.63, 3.8) is 0 Å². The first-order valence-corrected chi connectivity index (χ1v) is 4.64. The number of rotatable bonds is 3. The molecule has 0 amide bonds. The van der Waals surface area contributed by atoms with Crippen LogP contribution >= 0.6 is 11.6 Å². The summed E-state index contributed by atoms with van der Waals surface area (Å²) in [5, 5.41) is 0. The molecule has 66 valence electrons. The maximum Gasteiger partial charge on any atom is 0.126 e. The van der Waals surface area contributed by atoms with E-state index in [9.17, 15) is 4.39 Å². The van der Waals surface area contributed by atoms with Crippen LogP contribution in [0.4, 0.5) is 4.39 Å². The van der Waals surface area contributed by atoms with Gasteiger partial charge in [0.2, 0.25) is 0 Å². The quantitative estimate of drug-likeness (QED) is 0.634. The van der Waals surface area contributed by atoms with Crippen LogP contribution in [-0.2, 0) is 12.3 Å². The molecule has 0 nitrogen and oxygen atoms in total. The lowest BCUT2D eigenvalue weighted by atomic mass is 10.1. The smallest absolute Gasteiger partial charge is 0.126 e. The van der Waals surface area contributed by atoms with E-state index < -0.39 is 0 Å². The second kappa shape index (κ2) is 4.46. The molecule has 1 rings (SSSR count). The molecule has 1 aromatic carbocycles. The zero-order valence-electron chi connectivity index (χ0n) is 7.11. The van der Waals surface area contributed by atoms with Gasteiger partial charge in [0.25, 0.3) is 0 Å². The van der Waals surface area contributed by atoms with Crippen LogP contribution in [0.1, 0.15) is 24.5 Å². The van der Waals surface area contributed by atoms with Crippen LogP contribution in [0.2, 0.25) is 0 Å². The Morgan fingerprint density at radius 2 is 2.17 bits per heavy atom. The van der Waals surface area contributed by atoms with Gasteiger partial charge in [0, 0.05) is 5.88 Å². The van der Waals surface area contributed by atoms with E-state index in [1.807, 2.05) is 19.1 Å². The zero-order chi connectivity index (χ0) is 8.97. The maximum atomic E-state index is 13.2. The zero-order valence-corrected chi connectivity index (χ0v) is 7.87. The summed E-state index contributed by atoms with van der Waals surface area (Å²) in [7, 11) is 0. The molecule has 12 heavy (non-hydrogen) atoms. The second-order valence-electron chi connectivity index (χ2n) is 2.81. The van der Waals surface area contributed by atoms with E-state index in [4.69, 9.17) is 11.6 Å². The Kier molecular flexibility index (Phi) is 3.54. The molecule has 0 aliphatic rings.